The Morgan fingerprint density at radius 3 is 2.68 bits per heavy atom. The lowest BCUT2D eigenvalue weighted by molar-refractivity contribution is -0.119. The van der Waals surface area contributed by atoms with Crippen molar-refractivity contribution in [2.75, 3.05) is 39.3 Å². The molecule has 0 radical (unpaired) electrons. The van der Waals surface area contributed by atoms with Crippen molar-refractivity contribution >= 4 is 27.5 Å². The molecule has 0 bridgehead atoms. The van der Waals surface area contributed by atoms with Gasteiger partial charge in [-0.25, -0.2) is 4.98 Å². The minimum absolute atomic E-state index is 0.0504. The summed E-state index contributed by atoms with van der Waals surface area (Å²) in [4.78, 5) is 20.5. The minimum atomic E-state index is 0.0504. The first kappa shape index (κ1) is 15.4. The van der Waals surface area contributed by atoms with E-state index in [4.69, 9.17) is 4.98 Å². The monoisotopic (exact) mass is 318 g/mol. The molecule has 6 heteroatoms. The topological polar surface area (TPSA) is 48.5 Å². The molecule has 118 valence electrons. The van der Waals surface area contributed by atoms with E-state index in [0.717, 1.165) is 51.3 Å². The number of benzene rings is 1. The summed E-state index contributed by atoms with van der Waals surface area (Å²) in [6, 6.07) is 8.32. The number of aromatic nitrogens is 1. The van der Waals surface area contributed by atoms with E-state index < -0.39 is 0 Å². The van der Waals surface area contributed by atoms with Gasteiger partial charge in [0.05, 0.1) is 16.8 Å². The van der Waals surface area contributed by atoms with E-state index in [-0.39, 0.29) is 5.91 Å². The maximum absolute atomic E-state index is 10.9. The molecule has 1 saturated heterocycles. The molecule has 0 spiro atoms. The van der Waals surface area contributed by atoms with Gasteiger partial charge < -0.3 is 5.32 Å². The van der Waals surface area contributed by atoms with E-state index in [1.807, 2.05) is 6.07 Å². The van der Waals surface area contributed by atoms with Gasteiger partial charge in [-0.15, -0.1) is 11.3 Å². The van der Waals surface area contributed by atoms with Crippen LogP contribution in [0.25, 0.3) is 10.2 Å². The Kier molecular flexibility index (Phi) is 5.02. The number of amides is 1. The maximum Gasteiger partial charge on any atom is 0.216 e. The second-order valence-electron chi connectivity index (χ2n) is 5.68. The van der Waals surface area contributed by atoms with Crippen LogP contribution >= 0.6 is 11.3 Å². The van der Waals surface area contributed by atoms with E-state index in [1.54, 1.807) is 18.3 Å². The largest absolute Gasteiger partial charge is 0.355 e. The quantitative estimate of drug-likeness (QED) is 0.909. The predicted octanol–water partition coefficient (Wildman–Crippen LogP) is 1.55. The Balaban J connectivity index is 1.46. The summed E-state index contributed by atoms with van der Waals surface area (Å²) in [6.07, 6.45) is 0. The van der Waals surface area contributed by atoms with Crippen LogP contribution in [-0.2, 0) is 11.3 Å². The van der Waals surface area contributed by atoms with Crippen molar-refractivity contribution in [2.45, 2.75) is 13.5 Å². The Morgan fingerprint density at radius 2 is 1.95 bits per heavy atom. The average Bonchev–Trinajstić information content (AvgIpc) is 2.91. The second kappa shape index (κ2) is 7.17. The molecule has 2 heterocycles. The molecule has 1 aromatic heterocycles. The Bertz CT molecular complexity index is 601. The molecule has 0 saturated carbocycles. The summed E-state index contributed by atoms with van der Waals surface area (Å²) < 4.78 is 1.27. The van der Waals surface area contributed by atoms with Crippen molar-refractivity contribution in [1.29, 1.82) is 0 Å². The van der Waals surface area contributed by atoms with Crippen LogP contribution < -0.4 is 5.32 Å². The van der Waals surface area contributed by atoms with Gasteiger partial charge in [0.25, 0.3) is 0 Å². The molecule has 0 atom stereocenters. The molecule has 1 aliphatic heterocycles. The first-order valence-electron chi connectivity index (χ1n) is 7.74. The number of carbonyl (C=O) groups is 1. The van der Waals surface area contributed by atoms with Crippen molar-refractivity contribution < 1.29 is 4.79 Å². The number of thiazole rings is 1. The molecule has 0 unspecified atom stereocenters. The highest BCUT2D eigenvalue weighted by molar-refractivity contribution is 7.18. The summed E-state index contributed by atoms with van der Waals surface area (Å²) in [5.74, 6) is 0.0504. The third kappa shape index (κ3) is 4.03. The zero-order valence-electron chi connectivity index (χ0n) is 12.9. The molecule has 0 aliphatic carbocycles. The molecule has 2 aromatic rings. The van der Waals surface area contributed by atoms with E-state index in [0.29, 0.717) is 0 Å². The normalized spacial score (nSPS) is 17.0. The van der Waals surface area contributed by atoms with Crippen LogP contribution in [0.1, 0.15) is 11.9 Å². The van der Waals surface area contributed by atoms with Gasteiger partial charge in [0.15, 0.2) is 0 Å². The van der Waals surface area contributed by atoms with Crippen LogP contribution in [0.5, 0.6) is 0 Å². The van der Waals surface area contributed by atoms with E-state index >= 15 is 0 Å². The zero-order valence-corrected chi connectivity index (χ0v) is 13.7. The van der Waals surface area contributed by atoms with E-state index in [2.05, 4.69) is 33.3 Å². The number of piperazine rings is 1. The van der Waals surface area contributed by atoms with Crippen molar-refractivity contribution in [3.05, 3.63) is 29.3 Å². The Hall–Kier alpha value is -1.50. The predicted molar refractivity (Wildman–Crippen MR) is 90.0 cm³/mol. The standard InChI is InChI=1S/C16H22N4OS/c1-13(21)17-6-7-19-8-10-20(11-9-19)12-16-18-14-4-2-3-5-15(14)22-16/h2-5H,6-12H2,1H3,(H,17,21). The number of fused-ring (bicyclic) bond motifs is 1. The fraction of sp³-hybridized carbons (Fsp3) is 0.500. The number of rotatable bonds is 5. The molecule has 5 nitrogen and oxygen atoms in total. The van der Waals surface area contributed by atoms with Crippen LogP contribution in [0.15, 0.2) is 24.3 Å². The van der Waals surface area contributed by atoms with Gasteiger partial charge in [0.2, 0.25) is 5.91 Å². The van der Waals surface area contributed by atoms with Crippen molar-refractivity contribution in [3.8, 4) is 0 Å². The number of para-hydroxylation sites is 1. The van der Waals surface area contributed by atoms with Gasteiger partial charge in [-0.1, -0.05) is 12.1 Å². The fourth-order valence-electron chi connectivity index (χ4n) is 2.74. The molecule has 22 heavy (non-hydrogen) atoms. The molecule has 1 aromatic carbocycles. The van der Waals surface area contributed by atoms with Gasteiger partial charge in [0, 0.05) is 46.2 Å². The molecular formula is C16H22N4OS. The van der Waals surface area contributed by atoms with Crippen LogP contribution in [0.4, 0.5) is 0 Å². The third-order valence-corrected chi connectivity index (χ3v) is 4.99. The van der Waals surface area contributed by atoms with Gasteiger partial charge in [-0.05, 0) is 12.1 Å². The molecule has 1 aliphatic rings. The summed E-state index contributed by atoms with van der Waals surface area (Å²) in [5.41, 5.74) is 1.11. The number of nitrogens with zero attached hydrogens (tertiary/aromatic N) is 3. The van der Waals surface area contributed by atoms with Crippen molar-refractivity contribution in [2.24, 2.45) is 0 Å². The highest BCUT2D eigenvalue weighted by Gasteiger charge is 2.17. The molecule has 1 fully saturated rings. The summed E-state index contributed by atoms with van der Waals surface area (Å²) >= 11 is 1.79. The van der Waals surface area contributed by atoms with Crippen LogP contribution in [0, 0.1) is 0 Å². The molecule has 1 N–H and O–H groups in total. The average molecular weight is 318 g/mol. The lowest BCUT2D eigenvalue weighted by Gasteiger charge is -2.34. The van der Waals surface area contributed by atoms with Crippen LogP contribution in [0.2, 0.25) is 0 Å². The summed E-state index contributed by atoms with van der Waals surface area (Å²) in [7, 11) is 0. The lowest BCUT2D eigenvalue weighted by atomic mass is 10.3. The number of hydrogen-bond donors (Lipinski definition) is 1. The first-order valence-corrected chi connectivity index (χ1v) is 8.56. The number of carbonyl (C=O) groups excluding carboxylic acids is 1. The van der Waals surface area contributed by atoms with Gasteiger partial charge in [-0.3, -0.25) is 14.6 Å². The SMILES string of the molecule is CC(=O)NCCN1CCN(Cc2nc3ccccc3s2)CC1. The van der Waals surface area contributed by atoms with E-state index in [1.165, 1.54) is 9.71 Å². The first-order chi connectivity index (χ1) is 10.7. The van der Waals surface area contributed by atoms with E-state index in [9.17, 15) is 4.79 Å². The molecule has 3 rings (SSSR count). The maximum atomic E-state index is 10.9. The number of nitrogens with one attached hydrogen (secondary N) is 1. The molecular weight excluding hydrogens is 296 g/mol. The van der Waals surface area contributed by atoms with Gasteiger partial charge in [0.1, 0.15) is 5.01 Å². The van der Waals surface area contributed by atoms with Crippen molar-refractivity contribution in [3.63, 3.8) is 0 Å². The highest BCUT2D eigenvalue weighted by Crippen LogP contribution is 2.22. The summed E-state index contributed by atoms with van der Waals surface area (Å²) in [5, 5.41) is 4.06. The smallest absolute Gasteiger partial charge is 0.216 e. The Morgan fingerprint density at radius 1 is 1.23 bits per heavy atom. The summed E-state index contributed by atoms with van der Waals surface area (Å²) in [6.45, 7) is 8.44. The lowest BCUT2D eigenvalue weighted by Crippen LogP contribution is -2.47. The second-order valence-corrected chi connectivity index (χ2v) is 6.79. The van der Waals surface area contributed by atoms with Crippen LogP contribution in [0.3, 0.4) is 0 Å². The fourth-order valence-corrected chi connectivity index (χ4v) is 3.75. The van der Waals surface area contributed by atoms with Gasteiger partial charge >= 0.3 is 0 Å². The molecule has 1 amide bonds. The number of hydrogen-bond acceptors (Lipinski definition) is 5. The Labute approximate surface area is 134 Å². The van der Waals surface area contributed by atoms with Gasteiger partial charge in [-0.2, -0.15) is 0 Å². The highest BCUT2D eigenvalue weighted by atomic mass is 32.1. The zero-order chi connectivity index (χ0) is 15.4. The van der Waals surface area contributed by atoms with Crippen LogP contribution in [-0.4, -0.2) is 60.0 Å². The minimum Gasteiger partial charge on any atom is -0.355 e. The van der Waals surface area contributed by atoms with Crippen molar-refractivity contribution in [1.82, 2.24) is 20.1 Å². The third-order valence-electron chi connectivity index (χ3n) is 3.96.